The van der Waals surface area contributed by atoms with Crippen LogP contribution in [0.2, 0.25) is 0 Å². The van der Waals surface area contributed by atoms with Gasteiger partial charge in [-0.3, -0.25) is 14.7 Å². The van der Waals surface area contributed by atoms with Crippen molar-refractivity contribution in [1.29, 1.82) is 0 Å². The molecule has 0 N–H and O–H groups in total. The molecule has 0 aromatic carbocycles. The van der Waals surface area contributed by atoms with Crippen molar-refractivity contribution in [2.75, 3.05) is 44.2 Å². The number of ether oxygens (including phenoxy) is 1. The van der Waals surface area contributed by atoms with Gasteiger partial charge in [0.1, 0.15) is 6.10 Å². The average molecular weight is 388 g/mol. The Hall–Kier alpha value is -1.89. The van der Waals surface area contributed by atoms with Crippen LogP contribution in [-0.2, 0) is 4.79 Å². The van der Waals surface area contributed by atoms with E-state index in [9.17, 15) is 4.79 Å². The lowest BCUT2D eigenvalue weighted by Crippen LogP contribution is -2.54. The van der Waals surface area contributed by atoms with Crippen molar-refractivity contribution >= 4 is 11.7 Å². The number of carbonyl (C=O) groups excluding carboxylic acids is 1. The molecule has 1 aromatic rings. The van der Waals surface area contributed by atoms with Gasteiger partial charge in [0.2, 0.25) is 11.8 Å². The molecule has 1 amide bonds. The summed E-state index contributed by atoms with van der Waals surface area (Å²) in [6.07, 6.45) is 12.2. The Kier molecular flexibility index (Phi) is 6.29. The number of rotatable bonds is 5. The number of piperazine rings is 1. The zero-order chi connectivity index (χ0) is 19.3. The molecular weight excluding hydrogens is 354 g/mol. The summed E-state index contributed by atoms with van der Waals surface area (Å²) in [4.78, 5) is 28.3. The lowest BCUT2D eigenvalue weighted by Gasteiger charge is -2.38. The molecule has 7 heteroatoms. The highest BCUT2D eigenvalue weighted by Crippen LogP contribution is 2.24. The highest BCUT2D eigenvalue weighted by atomic mass is 16.5. The fourth-order valence-corrected chi connectivity index (χ4v) is 4.60. The predicted molar refractivity (Wildman–Crippen MR) is 109 cm³/mol. The molecule has 0 bridgehead atoms. The molecule has 4 rings (SSSR count). The van der Waals surface area contributed by atoms with E-state index in [0.29, 0.717) is 5.88 Å². The van der Waals surface area contributed by atoms with Gasteiger partial charge in [0.05, 0.1) is 18.4 Å². The first kappa shape index (κ1) is 19.4. The van der Waals surface area contributed by atoms with Gasteiger partial charge in [-0.1, -0.05) is 6.42 Å². The Morgan fingerprint density at radius 3 is 2.43 bits per heavy atom. The Morgan fingerprint density at radius 2 is 1.71 bits per heavy atom. The van der Waals surface area contributed by atoms with Crippen molar-refractivity contribution in [2.24, 2.45) is 0 Å². The minimum atomic E-state index is -0.0349. The molecule has 2 aliphatic heterocycles. The standard InChI is InChI=1S/C21H33N5O2/c1-17(21(27)26-9-5-6-10-26)24-11-13-25(14-12-24)19-15-22-16-20(23-19)28-18-7-3-2-4-8-18/h15-18H,2-14H2,1H3. The van der Waals surface area contributed by atoms with Gasteiger partial charge in [-0.2, -0.15) is 4.98 Å². The van der Waals surface area contributed by atoms with Crippen molar-refractivity contribution in [2.45, 2.75) is 64.0 Å². The third-order valence-electron chi connectivity index (χ3n) is 6.40. The van der Waals surface area contributed by atoms with Crippen molar-refractivity contribution < 1.29 is 9.53 Å². The molecule has 3 fully saturated rings. The van der Waals surface area contributed by atoms with Crippen molar-refractivity contribution in [3.05, 3.63) is 12.4 Å². The minimum Gasteiger partial charge on any atom is -0.473 e. The minimum absolute atomic E-state index is 0.0349. The molecule has 28 heavy (non-hydrogen) atoms. The van der Waals surface area contributed by atoms with E-state index in [1.165, 1.54) is 19.3 Å². The normalized spacial score (nSPS) is 23.0. The average Bonchev–Trinajstić information content (AvgIpc) is 3.29. The summed E-state index contributed by atoms with van der Waals surface area (Å²) in [5.74, 6) is 1.81. The molecular formula is C21H33N5O2. The van der Waals surface area contributed by atoms with Gasteiger partial charge in [0, 0.05) is 39.3 Å². The Morgan fingerprint density at radius 1 is 1.00 bits per heavy atom. The summed E-state index contributed by atoms with van der Waals surface area (Å²) in [6, 6.07) is -0.0349. The molecule has 1 aromatic heterocycles. The SMILES string of the molecule is CC(C(=O)N1CCCC1)N1CCN(c2cncc(OC3CCCCC3)n2)CC1. The molecule has 1 aliphatic carbocycles. The van der Waals surface area contributed by atoms with Crippen LogP contribution in [0.5, 0.6) is 5.88 Å². The highest BCUT2D eigenvalue weighted by molar-refractivity contribution is 5.81. The summed E-state index contributed by atoms with van der Waals surface area (Å²) >= 11 is 0. The van der Waals surface area contributed by atoms with E-state index in [0.717, 1.165) is 70.8 Å². The highest BCUT2D eigenvalue weighted by Gasteiger charge is 2.30. The summed E-state index contributed by atoms with van der Waals surface area (Å²) in [5.41, 5.74) is 0. The van der Waals surface area contributed by atoms with E-state index >= 15 is 0 Å². The first-order valence-corrected chi connectivity index (χ1v) is 11.0. The third kappa shape index (κ3) is 4.57. The van der Waals surface area contributed by atoms with Crippen LogP contribution in [-0.4, -0.2) is 77.1 Å². The number of hydrogen-bond donors (Lipinski definition) is 0. The van der Waals surface area contributed by atoms with Crippen LogP contribution in [0, 0.1) is 0 Å². The quantitative estimate of drug-likeness (QED) is 0.773. The largest absolute Gasteiger partial charge is 0.473 e. The van der Waals surface area contributed by atoms with Gasteiger partial charge in [-0.15, -0.1) is 0 Å². The number of nitrogens with zero attached hydrogens (tertiary/aromatic N) is 5. The van der Waals surface area contributed by atoms with Crippen LogP contribution in [0.1, 0.15) is 51.9 Å². The van der Waals surface area contributed by atoms with E-state index in [1.54, 1.807) is 6.20 Å². The molecule has 154 valence electrons. The number of aromatic nitrogens is 2. The van der Waals surface area contributed by atoms with Crippen LogP contribution in [0.25, 0.3) is 0 Å². The number of hydrogen-bond acceptors (Lipinski definition) is 6. The van der Waals surface area contributed by atoms with Crippen LogP contribution < -0.4 is 9.64 Å². The van der Waals surface area contributed by atoms with Crippen molar-refractivity contribution in [3.63, 3.8) is 0 Å². The molecule has 1 atom stereocenters. The van der Waals surface area contributed by atoms with Gasteiger partial charge in [0.15, 0.2) is 5.82 Å². The zero-order valence-electron chi connectivity index (χ0n) is 17.1. The number of carbonyl (C=O) groups is 1. The van der Waals surface area contributed by atoms with E-state index in [4.69, 9.17) is 9.72 Å². The smallest absolute Gasteiger partial charge is 0.239 e. The molecule has 7 nitrogen and oxygen atoms in total. The second kappa shape index (κ2) is 9.07. The Balaban J connectivity index is 1.30. The summed E-state index contributed by atoms with van der Waals surface area (Å²) in [7, 11) is 0. The second-order valence-electron chi connectivity index (χ2n) is 8.32. The van der Waals surface area contributed by atoms with E-state index in [1.807, 2.05) is 11.1 Å². The first-order chi connectivity index (χ1) is 13.7. The van der Waals surface area contributed by atoms with Crippen molar-refractivity contribution in [1.82, 2.24) is 19.8 Å². The lowest BCUT2D eigenvalue weighted by molar-refractivity contribution is -0.135. The molecule has 2 saturated heterocycles. The molecule has 3 aliphatic rings. The van der Waals surface area contributed by atoms with Gasteiger partial charge in [-0.05, 0) is 45.4 Å². The molecule has 0 radical (unpaired) electrons. The van der Waals surface area contributed by atoms with Gasteiger partial charge in [-0.25, -0.2) is 0 Å². The van der Waals surface area contributed by atoms with Gasteiger partial charge < -0.3 is 14.5 Å². The third-order valence-corrected chi connectivity index (χ3v) is 6.40. The maximum atomic E-state index is 12.7. The number of amides is 1. The van der Waals surface area contributed by atoms with Gasteiger partial charge >= 0.3 is 0 Å². The second-order valence-corrected chi connectivity index (χ2v) is 8.32. The first-order valence-electron chi connectivity index (χ1n) is 11.0. The van der Waals surface area contributed by atoms with E-state index < -0.39 is 0 Å². The maximum absolute atomic E-state index is 12.7. The molecule has 3 heterocycles. The molecule has 1 unspecified atom stereocenters. The van der Waals surface area contributed by atoms with Crippen LogP contribution in [0.3, 0.4) is 0 Å². The van der Waals surface area contributed by atoms with Crippen LogP contribution in [0.15, 0.2) is 12.4 Å². The molecule has 1 saturated carbocycles. The topological polar surface area (TPSA) is 61.8 Å². The maximum Gasteiger partial charge on any atom is 0.239 e. The number of anilines is 1. The fraction of sp³-hybridized carbons (Fsp3) is 0.762. The summed E-state index contributed by atoms with van der Waals surface area (Å²) in [6.45, 7) is 7.36. The molecule has 0 spiro atoms. The zero-order valence-corrected chi connectivity index (χ0v) is 17.1. The van der Waals surface area contributed by atoms with E-state index in [2.05, 4.69) is 21.7 Å². The monoisotopic (exact) mass is 387 g/mol. The van der Waals surface area contributed by atoms with Crippen LogP contribution >= 0.6 is 0 Å². The Bertz CT molecular complexity index is 650. The fourth-order valence-electron chi connectivity index (χ4n) is 4.60. The predicted octanol–water partition coefficient (Wildman–Crippen LogP) is 2.32. The van der Waals surface area contributed by atoms with Crippen LogP contribution in [0.4, 0.5) is 5.82 Å². The van der Waals surface area contributed by atoms with E-state index in [-0.39, 0.29) is 18.1 Å². The van der Waals surface area contributed by atoms with Gasteiger partial charge in [0.25, 0.3) is 0 Å². The van der Waals surface area contributed by atoms with Crippen molar-refractivity contribution in [3.8, 4) is 5.88 Å². The summed E-state index contributed by atoms with van der Waals surface area (Å²) in [5, 5.41) is 0. The lowest BCUT2D eigenvalue weighted by atomic mass is 9.98. The Labute approximate surface area is 168 Å². The summed E-state index contributed by atoms with van der Waals surface area (Å²) < 4.78 is 6.07. The number of likely N-dealkylation sites (tertiary alicyclic amines) is 1.